The maximum absolute atomic E-state index is 13.3. The first-order chi connectivity index (χ1) is 14.9. The summed E-state index contributed by atoms with van der Waals surface area (Å²) in [6.07, 6.45) is 0.434. The minimum Gasteiger partial charge on any atom is -0.350 e. The summed E-state index contributed by atoms with van der Waals surface area (Å²) >= 11 is 6.13. The molecule has 4 nitrogen and oxygen atoms in total. The molecule has 0 saturated heterocycles. The van der Waals surface area contributed by atoms with Gasteiger partial charge < -0.3 is 5.32 Å². The van der Waals surface area contributed by atoms with E-state index in [1.807, 2.05) is 31.2 Å². The molecule has 4 rings (SSSR count). The molecule has 1 aliphatic heterocycles. The molecule has 0 unspecified atom stereocenters. The van der Waals surface area contributed by atoms with Gasteiger partial charge in [-0.05, 0) is 54.3 Å². The molecule has 0 saturated carbocycles. The average molecular weight is 435 g/mol. The molecule has 156 valence electrons. The van der Waals surface area contributed by atoms with E-state index in [4.69, 9.17) is 11.6 Å². The molecule has 31 heavy (non-hydrogen) atoms. The van der Waals surface area contributed by atoms with Gasteiger partial charge in [0.25, 0.3) is 11.8 Å². The largest absolute Gasteiger partial charge is 0.350 e. The third-order valence-electron chi connectivity index (χ3n) is 5.23. The van der Waals surface area contributed by atoms with Crippen LogP contribution in [0.4, 0.5) is 10.1 Å². The zero-order valence-corrected chi connectivity index (χ0v) is 17.6. The molecular weight excluding hydrogens is 415 g/mol. The van der Waals surface area contributed by atoms with E-state index >= 15 is 0 Å². The van der Waals surface area contributed by atoms with E-state index in [1.165, 1.54) is 17.0 Å². The van der Waals surface area contributed by atoms with Crippen LogP contribution in [0.15, 0.2) is 78.5 Å². The number of rotatable bonds is 6. The van der Waals surface area contributed by atoms with Gasteiger partial charge in [-0.15, -0.1) is 0 Å². The molecule has 6 heteroatoms. The Morgan fingerprint density at radius 1 is 0.935 bits per heavy atom. The van der Waals surface area contributed by atoms with Crippen molar-refractivity contribution in [3.8, 4) is 0 Å². The van der Waals surface area contributed by atoms with Gasteiger partial charge in [0, 0.05) is 17.3 Å². The quantitative estimate of drug-likeness (QED) is 0.541. The number of carbonyl (C=O) groups excluding carboxylic acids is 2. The van der Waals surface area contributed by atoms with Crippen molar-refractivity contribution in [2.24, 2.45) is 0 Å². The second-order valence-corrected chi connectivity index (χ2v) is 7.78. The van der Waals surface area contributed by atoms with Crippen molar-refractivity contribution < 1.29 is 14.0 Å². The first kappa shape index (κ1) is 20.8. The first-order valence-electron chi connectivity index (χ1n) is 9.87. The molecular formula is C25H20ClFN2O2. The van der Waals surface area contributed by atoms with Gasteiger partial charge in [0.2, 0.25) is 0 Å². The fourth-order valence-electron chi connectivity index (χ4n) is 3.52. The lowest BCUT2D eigenvalue weighted by atomic mass is 10.0. The van der Waals surface area contributed by atoms with E-state index in [1.54, 1.807) is 36.4 Å². The second kappa shape index (κ2) is 8.74. The zero-order valence-electron chi connectivity index (χ0n) is 16.9. The summed E-state index contributed by atoms with van der Waals surface area (Å²) in [7, 11) is 0. The van der Waals surface area contributed by atoms with Crippen molar-refractivity contribution in [1.82, 2.24) is 4.90 Å². The van der Waals surface area contributed by atoms with E-state index in [-0.39, 0.29) is 24.0 Å². The van der Waals surface area contributed by atoms with Crippen LogP contribution in [0.5, 0.6) is 0 Å². The summed E-state index contributed by atoms with van der Waals surface area (Å²) in [5.74, 6) is -1.08. The van der Waals surface area contributed by atoms with Gasteiger partial charge in [-0.1, -0.05) is 60.1 Å². The summed E-state index contributed by atoms with van der Waals surface area (Å²) < 4.78 is 13.2. The first-order valence-corrected chi connectivity index (χ1v) is 10.3. The normalized spacial score (nSPS) is 13.8. The van der Waals surface area contributed by atoms with Crippen LogP contribution < -0.4 is 5.32 Å². The fraction of sp³-hybridized carbons (Fsp3) is 0.120. The summed E-state index contributed by atoms with van der Waals surface area (Å²) in [6.45, 7) is 2.09. The van der Waals surface area contributed by atoms with Crippen LogP contribution >= 0.6 is 11.6 Å². The van der Waals surface area contributed by atoms with Crippen molar-refractivity contribution in [2.45, 2.75) is 13.3 Å². The minimum absolute atomic E-state index is 0.194. The van der Waals surface area contributed by atoms with Gasteiger partial charge in [-0.3, -0.25) is 14.5 Å². The number of imide groups is 1. The Balaban J connectivity index is 1.67. The number of benzene rings is 3. The average Bonchev–Trinajstić information content (AvgIpc) is 3.00. The van der Waals surface area contributed by atoms with Crippen molar-refractivity contribution in [3.63, 3.8) is 0 Å². The number of halogens is 2. The number of aryl methyl sites for hydroxylation is 1. The van der Waals surface area contributed by atoms with Crippen LogP contribution in [-0.4, -0.2) is 23.3 Å². The van der Waals surface area contributed by atoms with Gasteiger partial charge >= 0.3 is 0 Å². The molecule has 1 heterocycles. The van der Waals surface area contributed by atoms with E-state index in [2.05, 4.69) is 5.32 Å². The topological polar surface area (TPSA) is 49.4 Å². The maximum atomic E-state index is 13.3. The van der Waals surface area contributed by atoms with E-state index in [9.17, 15) is 14.0 Å². The molecule has 3 aromatic rings. The van der Waals surface area contributed by atoms with Crippen LogP contribution in [0.2, 0.25) is 5.02 Å². The predicted molar refractivity (Wildman–Crippen MR) is 120 cm³/mol. The Morgan fingerprint density at radius 2 is 1.65 bits per heavy atom. The van der Waals surface area contributed by atoms with Crippen molar-refractivity contribution >= 4 is 34.7 Å². The van der Waals surface area contributed by atoms with Crippen LogP contribution in [0.25, 0.3) is 5.57 Å². The van der Waals surface area contributed by atoms with Gasteiger partial charge in [0.1, 0.15) is 11.5 Å². The van der Waals surface area contributed by atoms with Crippen molar-refractivity contribution in [3.05, 3.63) is 106 Å². The SMILES string of the molecule is Cc1ccc(Cl)cc1NC1=C(c2ccccc2)C(=O)N(CCc2ccc(F)cc2)C1=O. The Kier molecular flexibility index (Phi) is 5.87. The van der Waals surface area contributed by atoms with Gasteiger partial charge in [-0.2, -0.15) is 0 Å². The zero-order chi connectivity index (χ0) is 22.0. The van der Waals surface area contributed by atoms with Gasteiger partial charge in [0.05, 0.1) is 5.57 Å². The summed E-state index contributed by atoms with van der Waals surface area (Å²) in [6, 6.07) is 20.5. The maximum Gasteiger partial charge on any atom is 0.278 e. The molecule has 0 bridgehead atoms. The number of anilines is 1. The molecule has 0 fully saturated rings. The lowest BCUT2D eigenvalue weighted by Gasteiger charge is -2.16. The lowest BCUT2D eigenvalue weighted by Crippen LogP contribution is -2.34. The third-order valence-corrected chi connectivity index (χ3v) is 5.46. The summed E-state index contributed by atoms with van der Waals surface area (Å²) in [5, 5.41) is 3.68. The highest BCUT2D eigenvalue weighted by Gasteiger charge is 2.39. The number of nitrogens with one attached hydrogen (secondary N) is 1. The van der Waals surface area contributed by atoms with E-state index in [0.29, 0.717) is 28.3 Å². The standard InChI is InChI=1S/C25H20ClFN2O2/c1-16-7-10-19(26)15-21(16)28-23-22(18-5-3-2-4-6-18)24(30)29(25(23)31)14-13-17-8-11-20(27)12-9-17/h2-12,15,28H,13-14H2,1H3. The minimum atomic E-state index is -0.398. The molecule has 0 atom stereocenters. The van der Waals surface area contributed by atoms with Gasteiger partial charge in [-0.25, -0.2) is 4.39 Å². The van der Waals surface area contributed by atoms with Crippen molar-refractivity contribution in [1.29, 1.82) is 0 Å². The van der Waals surface area contributed by atoms with Crippen LogP contribution in [0, 0.1) is 12.7 Å². The third kappa shape index (κ3) is 4.37. The van der Waals surface area contributed by atoms with Gasteiger partial charge in [0.15, 0.2) is 0 Å². The number of hydrogen-bond acceptors (Lipinski definition) is 3. The molecule has 0 spiro atoms. The van der Waals surface area contributed by atoms with Crippen molar-refractivity contribution in [2.75, 3.05) is 11.9 Å². The lowest BCUT2D eigenvalue weighted by molar-refractivity contribution is -0.136. The summed E-state index contributed by atoms with van der Waals surface area (Å²) in [4.78, 5) is 27.8. The van der Waals surface area contributed by atoms with Crippen LogP contribution in [0.3, 0.4) is 0 Å². The fourth-order valence-corrected chi connectivity index (χ4v) is 3.70. The number of carbonyl (C=O) groups is 2. The Morgan fingerprint density at radius 3 is 2.35 bits per heavy atom. The molecule has 0 aliphatic carbocycles. The predicted octanol–water partition coefficient (Wildman–Crippen LogP) is 5.22. The number of amides is 2. The van der Waals surface area contributed by atoms with E-state index < -0.39 is 5.91 Å². The highest BCUT2D eigenvalue weighted by Crippen LogP contribution is 2.32. The molecule has 0 aromatic heterocycles. The number of hydrogen-bond donors (Lipinski definition) is 1. The molecule has 0 radical (unpaired) electrons. The van der Waals surface area contributed by atoms with Crippen LogP contribution in [0.1, 0.15) is 16.7 Å². The Hall–Kier alpha value is -3.44. The smallest absolute Gasteiger partial charge is 0.278 e. The number of nitrogens with zero attached hydrogens (tertiary/aromatic N) is 1. The van der Waals surface area contributed by atoms with Crippen LogP contribution in [-0.2, 0) is 16.0 Å². The highest BCUT2D eigenvalue weighted by atomic mass is 35.5. The highest BCUT2D eigenvalue weighted by molar-refractivity contribution is 6.36. The Bertz CT molecular complexity index is 1170. The molecule has 2 amide bonds. The molecule has 3 aromatic carbocycles. The van der Waals surface area contributed by atoms with E-state index in [0.717, 1.165) is 11.1 Å². The monoisotopic (exact) mass is 434 g/mol. The second-order valence-electron chi connectivity index (χ2n) is 7.34. The summed E-state index contributed by atoms with van der Waals surface area (Å²) in [5.41, 5.74) is 3.61. The molecule has 1 N–H and O–H groups in total. The Labute approximate surface area is 185 Å². The molecule has 1 aliphatic rings.